The lowest BCUT2D eigenvalue weighted by atomic mass is 10.1. The minimum Gasteiger partial charge on any atom is -0.462 e. The standard InChI is InChI=1S/C31H32Cl2N2O6S/c1-5-40-31(37)29-21(4)35(17-20(2)3)30(36)28(29)16-25-12-13-26(41-25)19-34(18-22-6-8-23(32)9-7-22)42(38,39)27-14-10-24(33)11-15-27/h6-16,20H,5,17-19H2,1-4H3/b28-16+. The molecule has 1 aliphatic heterocycles. The normalized spacial score (nSPS) is 15.0. The summed E-state index contributed by atoms with van der Waals surface area (Å²) in [6.45, 7) is 7.95. The molecule has 2 aromatic carbocycles. The predicted octanol–water partition coefficient (Wildman–Crippen LogP) is 6.70. The van der Waals surface area contributed by atoms with E-state index in [1.165, 1.54) is 34.6 Å². The Morgan fingerprint density at radius 2 is 1.62 bits per heavy atom. The van der Waals surface area contributed by atoms with E-state index in [2.05, 4.69) is 0 Å². The highest BCUT2D eigenvalue weighted by Gasteiger charge is 2.37. The number of benzene rings is 2. The highest BCUT2D eigenvalue weighted by Crippen LogP contribution is 2.33. The first-order valence-corrected chi connectivity index (χ1v) is 15.6. The van der Waals surface area contributed by atoms with Crippen LogP contribution in [0, 0.1) is 5.92 Å². The maximum absolute atomic E-state index is 13.7. The molecule has 1 aliphatic rings. The quantitative estimate of drug-likeness (QED) is 0.173. The molecule has 0 bridgehead atoms. The largest absolute Gasteiger partial charge is 0.462 e. The Hall–Kier alpha value is -3.37. The van der Waals surface area contributed by atoms with Gasteiger partial charge in [-0.2, -0.15) is 4.31 Å². The number of ether oxygens (including phenoxy) is 1. The molecular formula is C31H32Cl2N2O6S. The lowest BCUT2D eigenvalue weighted by Gasteiger charge is -2.21. The highest BCUT2D eigenvalue weighted by molar-refractivity contribution is 7.89. The second-order valence-electron chi connectivity index (χ2n) is 10.2. The van der Waals surface area contributed by atoms with E-state index in [1.54, 1.807) is 55.1 Å². The maximum Gasteiger partial charge on any atom is 0.340 e. The lowest BCUT2D eigenvalue weighted by molar-refractivity contribution is -0.138. The predicted molar refractivity (Wildman–Crippen MR) is 162 cm³/mol. The molecule has 2 heterocycles. The number of nitrogens with zero attached hydrogens (tertiary/aromatic N) is 2. The Balaban J connectivity index is 1.67. The van der Waals surface area contributed by atoms with Gasteiger partial charge in [-0.3, -0.25) is 4.79 Å². The zero-order valence-electron chi connectivity index (χ0n) is 23.8. The molecule has 0 fully saturated rings. The number of carbonyl (C=O) groups is 2. The highest BCUT2D eigenvalue weighted by atomic mass is 35.5. The van der Waals surface area contributed by atoms with Crippen LogP contribution in [0.1, 0.15) is 44.8 Å². The Morgan fingerprint density at radius 3 is 2.21 bits per heavy atom. The summed E-state index contributed by atoms with van der Waals surface area (Å²) < 4.78 is 39.9. The van der Waals surface area contributed by atoms with Gasteiger partial charge in [0.1, 0.15) is 11.5 Å². The second-order valence-corrected chi connectivity index (χ2v) is 13.0. The van der Waals surface area contributed by atoms with Crippen LogP contribution in [-0.4, -0.2) is 42.7 Å². The monoisotopic (exact) mass is 630 g/mol. The van der Waals surface area contributed by atoms with Gasteiger partial charge in [0.05, 0.1) is 29.2 Å². The molecule has 0 aliphatic carbocycles. The van der Waals surface area contributed by atoms with Crippen molar-refractivity contribution in [1.29, 1.82) is 0 Å². The number of amides is 1. The van der Waals surface area contributed by atoms with Crippen molar-refractivity contribution < 1.29 is 27.2 Å². The maximum atomic E-state index is 13.7. The Bertz CT molecular complexity index is 1620. The Morgan fingerprint density at radius 1 is 1.00 bits per heavy atom. The molecular weight excluding hydrogens is 599 g/mol. The van der Waals surface area contributed by atoms with Crippen LogP contribution in [0.15, 0.2) is 86.8 Å². The molecule has 0 saturated carbocycles. The first kappa shape index (κ1) is 31.6. The van der Waals surface area contributed by atoms with E-state index >= 15 is 0 Å². The third-order valence-electron chi connectivity index (χ3n) is 6.56. The van der Waals surface area contributed by atoms with E-state index in [-0.39, 0.29) is 47.6 Å². The van der Waals surface area contributed by atoms with Gasteiger partial charge in [0.15, 0.2) is 0 Å². The van der Waals surface area contributed by atoms with Gasteiger partial charge in [0, 0.05) is 28.8 Å². The fourth-order valence-electron chi connectivity index (χ4n) is 4.56. The topological polar surface area (TPSA) is 97.1 Å². The Labute approximate surface area is 256 Å². The minimum absolute atomic E-state index is 0.0524. The van der Waals surface area contributed by atoms with Crippen LogP contribution in [0.5, 0.6) is 0 Å². The van der Waals surface area contributed by atoms with Gasteiger partial charge in [-0.15, -0.1) is 0 Å². The minimum atomic E-state index is -3.96. The molecule has 1 amide bonds. The third-order valence-corrected chi connectivity index (χ3v) is 8.87. The molecule has 11 heteroatoms. The number of sulfonamides is 1. The molecule has 0 radical (unpaired) electrons. The molecule has 8 nitrogen and oxygen atoms in total. The van der Waals surface area contributed by atoms with Crippen LogP contribution in [-0.2, 0) is 37.4 Å². The summed E-state index contributed by atoms with van der Waals surface area (Å²) in [7, 11) is -3.96. The summed E-state index contributed by atoms with van der Waals surface area (Å²) in [5.74, 6) is -0.0928. The number of hydrogen-bond donors (Lipinski definition) is 0. The van der Waals surface area contributed by atoms with Gasteiger partial charge in [0.2, 0.25) is 10.0 Å². The first-order valence-electron chi connectivity index (χ1n) is 13.4. The molecule has 3 aromatic rings. The molecule has 0 N–H and O–H groups in total. The summed E-state index contributed by atoms with van der Waals surface area (Å²) in [4.78, 5) is 27.8. The number of hydrogen-bond acceptors (Lipinski definition) is 6. The Kier molecular flexibility index (Phi) is 9.99. The SMILES string of the molecule is CCOC(=O)C1=C(C)N(CC(C)C)C(=O)/C1=C/c1ccc(CN(Cc2ccc(Cl)cc2)S(=O)(=O)c2ccc(Cl)cc2)o1. The fourth-order valence-corrected chi connectivity index (χ4v) is 6.21. The van der Waals surface area contributed by atoms with Gasteiger partial charge in [-0.1, -0.05) is 49.2 Å². The molecule has 1 aromatic heterocycles. The van der Waals surface area contributed by atoms with Crippen molar-refractivity contribution >= 4 is 51.2 Å². The van der Waals surface area contributed by atoms with E-state index in [1.807, 2.05) is 13.8 Å². The molecule has 0 spiro atoms. The molecule has 4 rings (SSSR count). The van der Waals surface area contributed by atoms with Crippen molar-refractivity contribution in [3.8, 4) is 0 Å². The number of esters is 1. The van der Waals surface area contributed by atoms with Crippen molar-refractivity contribution in [3.05, 3.63) is 105 Å². The fraction of sp³-hybridized carbons (Fsp3) is 0.290. The van der Waals surface area contributed by atoms with Crippen LogP contribution < -0.4 is 0 Å². The van der Waals surface area contributed by atoms with E-state index in [4.69, 9.17) is 32.4 Å². The molecule has 0 atom stereocenters. The molecule has 222 valence electrons. The lowest BCUT2D eigenvalue weighted by Crippen LogP contribution is -2.30. The first-order chi connectivity index (χ1) is 19.9. The van der Waals surface area contributed by atoms with Crippen molar-refractivity contribution in [1.82, 2.24) is 9.21 Å². The number of carbonyl (C=O) groups excluding carboxylic acids is 2. The number of rotatable bonds is 11. The summed E-state index contributed by atoms with van der Waals surface area (Å²) in [5, 5.41) is 0.955. The van der Waals surface area contributed by atoms with Crippen LogP contribution in [0.4, 0.5) is 0 Å². The zero-order chi connectivity index (χ0) is 30.6. The van der Waals surface area contributed by atoms with Crippen LogP contribution in [0.2, 0.25) is 10.0 Å². The number of halogens is 2. The van der Waals surface area contributed by atoms with E-state index in [9.17, 15) is 18.0 Å². The van der Waals surface area contributed by atoms with E-state index in [0.29, 0.717) is 33.8 Å². The van der Waals surface area contributed by atoms with Crippen LogP contribution in [0.3, 0.4) is 0 Å². The molecule has 0 saturated heterocycles. The van der Waals surface area contributed by atoms with Gasteiger partial charge in [0.25, 0.3) is 5.91 Å². The van der Waals surface area contributed by atoms with Crippen molar-refractivity contribution in [2.75, 3.05) is 13.2 Å². The zero-order valence-corrected chi connectivity index (χ0v) is 26.1. The van der Waals surface area contributed by atoms with Crippen molar-refractivity contribution in [3.63, 3.8) is 0 Å². The number of allylic oxidation sites excluding steroid dienone is 1. The molecule has 0 unspecified atom stereocenters. The van der Waals surface area contributed by atoms with Crippen LogP contribution >= 0.6 is 23.2 Å². The van der Waals surface area contributed by atoms with Crippen molar-refractivity contribution in [2.24, 2.45) is 5.92 Å². The van der Waals surface area contributed by atoms with Gasteiger partial charge in [-0.25, -0.2) is 13.2 Å². The van der Waals surface area contributed by atoms with Crippen LogP contribution in [0.25, 0.3) is 6.08 Å². The second kappa shape index (κ2) is 13.3. The van der Waals surface area contributed by atoms with E-state index in [0.717, 1.165) is 5.56 Å². The smallest absolute Gasteiger partial charge is 0.340 e. The van der Waals surface area contributed by atoms with Gasteiger partial charge < -0.3 is 14.1 Å². The summed E-state index contributed by atoms with van der Waals surface area (Å²) in [5.41, 5.74) is 1.61. The number of furan rings is 1. The summed E-state index contributed by atoms with van der Waals surface area (Å²) in [6.07, 6.45) is 1.50. The van der Waals surface area contributed by atoms with E-state index < -0.39 is 16.0 Å². The van der Waals surface area contributed by atoms with Gasteiger partial charge in [-0.05, 0) is 79.9 Å². The summed E-state index contributed by atoms with van der Waals surface area (Å²) in [6, 6.07) is 16.1. The molecule has 42 heavy (non-hydrogen) atoms. The average molecular weight is 632 g/mol. The van der Waals surface area contributed by atoms with Gasteiger partial charge >= 0.3 is 5.97 Å². The summed E-state index contributed by atoms with van der Waals surface area (Å²) >= 11 is 12.0. The average Bonchev–Trinajstić information content (AvgIpc) is 3.47. The van der Waals surface area contributed by atoms with Crippen molar-refractivity contribution in [2.45, 2.75) is 45.7 Å². The third kappa shape index (κ3) is 7.15.